The topological polar surface area (TPSA) is 55.6 Å². The maximum atomic E-state index is 4.54. The Kier molecular flexibility index (Phi) is 3.60. The van der Waals surface area contributed by atoms with Gasteiger partial charge in [0.25, 0.3) is 0 Å². The second-order valence-electron chi connectivity index (χ2n) is 5.64. The van der Waals surface area contributed by atoms with E-state index in [1.54, 1.807) is 6.20 Å². The van der Waals surface area contributed by atoms with Crippen LogP contribution in [0.3, 0.4) is 0 Å². The largest absolute Gasteiger partial charge is 0.356 e. The lowest BCUT2D eigenvalue weighted by molar-refractivity contribution is 0.797. The van der Waals surface area contributed by atoms with E-state index in [2.05, 4.69) is 48.5 Å². The molecular formula is C16H17N5S. The molecule has 0 bridgehead atoms. The van der Waals surface area contributed by atoms with Gasteiger partial charge in [-0.2, -0.15) is 4.37 Å². The zero-order valence-corrected chi connectivity index (χ0v) is 13.0. The number of benzene rings is 1. The van der Waals surface area contributed by atoms with Gasteiger partial charge in [0.2, 0.25) is 5.13 Å². The van der Waals surface area contributed by atoms with Gasteiger partial charge in [0.15, 0.2) is 0 Å². The number of nitrogens with zero attached hydrogens (tertiary/aromatic N) is 4. The van der Waals surface area contributed by atoms with Crippen LogP contribution in [-0.2, 0) is 13.1 Å². The van der Waals surface area contributed by atoms with Crippen LogP contribution in [0.25, 0.3) is 0 Å². The summed E-state index contributed by atoms with van der Waals surface area (Å²) < 4.78 is 6.47. The number of imidazole rings is 1. The maximum Gasteiger partial charge on any atom is 0.202 e. The minimum Gasteiger partial charge on any atom is -0.356 e. The van der Waals surface area contributed by atoms with Crippen molar-refractivity contribution in [3.05, 3.63) is 59.9 Å². The van der Waals surface area contributed by atoms with E-state index in [0.717, 1.165) is 24.0 Å². The van der Waals surface area contributed by atoms with Crippen molar-refractivity contribution in [2.24, 2.45) is 0 Å². The molecule has 1 saturated carbocycles. The van der Waals surface area contributed by atoms with E-state index in [1.165, 1.54) is 35.5 Å². The summed E-state index contributed by atoms with van der Waals surface area (Å²) in [5.41, 5.74) is 2.52. The Morgan fingerprint density at radius 3 is 2.73 bits per heavy atom. The molecule has 0 aliphatic heterocycles. The minimum atomic E-state index is 0.620. The zero-order valence-electron chi connectivity index (χ0n) is 12.1. The van der Waals surface area contributed by atoms with Crippen LogP contribution in [0.1, 0.15) is 35.7 Å². The molecular weight excluding hydrogens is 294 g/mol. The first-order valence-electron chi connectivity index (χ1n) is 7.48. The van der Waals surface area contributed by atoms with Crippen LogP contribution < -0.4 is 5.32 Å². The van der Waals surface area contributed by atoms with E-state index in [9.17, 15) is 0 Å². The summed E-state index contributed by atoms with van der Waals surface area (Å²) in [5.74, 6) is 1.64. The van der Waals surface area contributed by atoms with Gasteiger partial charge in [-0.25, -0.2) is 9.97 Å². The maximum absolute atomic E-state index is 4.54. The number of aromatic nitrogens is 4. The van der Waals surface area contributed by atoms with Gasteiger partial charge in [0.1, 0.15) is 5.82 Å². The Balaban J connectivity index is 1.34. The smallest absolute Gasteiger partial charge is 0.202 e. The number of anilines is 1. The van der Waals surface area contributed by atoms with Crippen LogP contribution in [-0.4, -0.2) is 18.9 Å². The Bertz CT molecular complexity index is 728. The van der Waals surface area contributed by atoms with Crippen LogP contribution in [0.5, 0.6) is 0 Å². The molecule has 1 aromatic carbocycles. The SMILES string of the molecule is c1cn(Cc2ccc(CNc3nc(C4CC4)ns3)cc2)cn1. The molecule has 0 unspecified atom stereocenters. The van der Waals surface area contributed by atoms with Gasteiger partial charge in [-0.15, -0.1) is 0 Å². The molecule has 2 heterocycles. The molecule has 5 nitrogen and oxygen atoms in total. The van der Waals surface area contributed by atoms with Gasteiger partial charge in [0.05, 0.1) is 6.33 Å². The Morgan fingerprint density at radius 2 is 2.00 bits per heavy atom. The highest BCUT2D eigenvalue weighted by Gasteiger charge is 2.27. The van der Waals surface area contributed by atoms with Crippen LogP contribution in [0.4, 0.5) is 5.13 Å². The molecule has 3 aromatic rings. The molecule has 1 fully saturated rings. The van der Waals surface area contributed by atoms with Gasteiger partial charge >= 0.3 is 0 Å². The summed E-state index contributed by atoms with van der Waals surface area (Å²) in [6.45, 7) is 1.64. The summed E-state index contributed by atoms with van der Waals surface area (Å²) in [7, 11) is 0. The third-order valence-corrected chi connectivity index (χ3v) is 4.46. The fourth-order valence-electron chi connectivity index (χ4n) is 2.35. The Hall–Kier alpha value is -2.21. The molecule has 0 saturated heterocycles. The van der Waals surface area contributed by atoms with Gasteiger partial charge in [-0.1, -0.05) is 24.3 Å². The quantitative estimate of drug-likeness (QED) is 0.759. The van der Waals surface area contributed by atoms with Crippen LogP contribution in [0.2, 0.25) is 0 Å². The lowest BCUT2D eigenvalue weighted by Crippen LogP contribution is -2.00. The molecule has 22 heavy (non-hydrogen) atoms. The van der Waals surface area contributed by atoms with Crippen molar-refractivity contribution in [2.75, 3.05) is 5.32 Å². The van der Waals surface area contributed by atoms with Crippen LogP contribution in [0.15, 0.2) is 43.0 Å². The number of hydrogen-bond donors (Lipinski definition) is 1. The molecule has 1 N–H and O–H groups in total. The summed E-state index contributed by atoms with van der Waals surface area (Å²) in [5, 5.41) is 4.28. The highest BCUT2D eigenvalue weighted by molar-refractivity contribution is 7.09. The number of rotatable bonds is 6. The molecule has 6 heteroatoms. The van der Waals surface area contributed by atoms with Gasteiger partial charge < -0.3 is 9.88 Å². The van der Waals surface area contributed by atoms with Crippen LogP contribution >= 0.6 is 11.5 Å². The zero-order chi connectivity index (χ0) is 14.8. The molecule has 0 atom stereocenters. The lowest BCUT2D eigenvalue weighted by atomic mass is 10.1. The van der Waals surface area contributed by atoms with Crippen molar-refractivity contribution < 1.29 is 0 Å². The van der Waals surface area contributed by atoms with Gasteiger partial charge in [-0.05, 0) is 24.0 Å². The van der Waals surface area contributed by atoms with E-state index in [4.69, 9.17) is 0 Å². The average Bonchev–Trinajstić information content (AvgIpc) is 3.07. The molecule has 2 aromatic heterocycles. The second kappa shape index (κ2) is 5.88. The minimum absolute atomic E-state index is 0.620. The standard InChI is InChI=1S/C16H17N5S/c1-3-13(10-21-8-7-17-11-21)4-2-12(1)9-18-16-19-15(20-22-16)14-5-6-14/h1-4,7-8,11,14H,5-6,9-10H2,(H,18,19,20). The third kappa shape index (κ3) is 3.17. The molecule has 0 radical (unpaired) electrons. The van der Waals surface area contributed by atoms with Gasteiger partial charge in [0, 0.05) is 42.9 Å². The Labute approximate surface area is 133 Å². The summed E-state index contributed by atoms with van der Waals surface area (Å²) >= 11 is 1.46. The predicted molar refractivity (Wildman–Crippen MR) is 87.0 cm³/mol. The number of hydrogen-bond acceptors (Lipinski definition) is 5. The highest BCUT2D eigenvalue weighted by Crippen LogP contribution is 2.39. The number of nitrogens with one attached hydrogen (secondary N) is 1. The molecule has 0 amide bonds. The van der Waals surface area contributed by atoms with E-state index in [0.29, 0.717) is 5.92 Å². The normalized spacial score (nSPS) is 14.2. The summed E-state index contributed by atoms with van der Waals surface area (Å²) in [6, 6.07) is 8.63. The van der Waals surface area contributed by atoms with E-state index in [1.807, 2.05) is 12.5 Å². The first-order chi connectivity index (χ1) is 10.9. The first-order valence-corrected chi connectivity index (χ1v) is 8.25. The molecule has 1 aliphatic rings. The monoisotopic (exact) mass is 311 g/mol. The highest BCUT2D eigenvalue weighted by atomic mass is 32.1. The molecule has 4 rings (SSSR count). The van der Waals surface area contributed by atoms with E-state index in [-0.39, 0.29) is 0 Å². The fourth-order valence-corrected chi connectivity index (χ4v) is 2.99. The van der Waals surface area contributed by atoms with Crippen molar-refractivity contribution in [3.8, 4) is 0 Å². The average molecular weight is 311 g/mol. The molecule has 1 aliphatic carbocycles. The molecule has 112 valence electrons. The Morgan fingerprint density at radius 1 is 1.18 bits per heavy atom. The second-order valence-corrected chi connectivity index (χ2v) is 6.39. The van der Waals surface area contributed by atoms with E-state index >= 15 is 0 Å². The molecule has 0 spiro atoms. The lowest BCUT2D eigenvalue weighted by Gasteiger charge is -2.05. The summed E-state index contributed by atoms with van der Waals surface area (Å²) in [6.07, 6.45) is 8.10. The third-order valence-electron chi connectivity index (χ3n) is 3.78. The van der Waals surface area contributed by atoms with Crippen molar-refractivity contribution >= 4 is 16.7 Å². The predicted octanol–water partition coefficient (Wildman–Crippen LogP) is 3.27. The van der Waals surface area contributed by atoms with Crippen molar-refractivity contribution in [2.45, 2.75) is 31.8 Å². The van der Waals surface area contributed by atoms with Gasteiger partial charge in [-0.3, -0.25) is 0 Å². The summed E-state index contributed by atoms with van der Waals surface area (Å²) in [4.78, 5) is 8.60. The first kappa shape index (κ1) is 13.5. The van der Waals surface area contributed by atoms with E-state index < -0.39 is 0 Å². The fraction of sp³-hybridized carbons (Fsp3) is 0.312. The van der Waals surface area contributed by atoms with Crippen LogP contribution in [0, 0.1) is 0 Å². The van der Waals surface area contributed by atoms with Crippen molar-refractivity contribution in [3.63, 3.8) is 0 Å². The van der Waals surface area contributed by atoms with Crippen molar-refractivity contribution in [1.82, 2.24) is 18.9 Å². The van der Waals surface area contributed by atoms with Crippen molar-refractivity contribution in [1.29, 1.82) is 0 Å².